The van der Waals surface area contributed by atoms with Crippen molar-refractivity contribution in [3.05, 3.63) is 29.6 Å². The highest BCUT2D eigenvalue weighted by Gasteiger charge is 2.13. The fourth-order valence-electron chi connectivity index (χ4n) is 2.10. The lowest BCUT2D eigenvalue weighted by atomic mass is 10.0. The molecular weight excluding hydrogens is 245 g/mol. The molecule has 1 unspecified atom stereocenters. The van der Waals surface area contributed by atoms with Gasteiger partial charge in [-0.3, -0.25) is 11.3 Å². The molecule has 0 fully saturated rings. The minimum absolute atomic E-state index is 0.0546. The number of benzene rings is 1. The molecule has 0 spiro atoms. The van der Waals surface area contributed by atoms with Gasteiger partial charge in [0.25, 0.3) is 0 Å². The molecule has 0 amide bonds. The SMILES string of the molecule is CCN(CC)CCC(NN)c1ccc(OC)c(F)c1. The fourth-order valence-corrected chi connectivity index (χ4v) is 2.10. The van der Waals surface area contributed by atoms with E-state index < -0.39 is 0 Å². The second-order valence-corrected chi connectivity index (χ2v) is 4.43. The van der Waals surface area contributed by atoms with Crippen molar-refractivity contribution in [2.45, 2.75) is 26.3 Å². The Morgan fingerprint density at radius 2 is 2.05 bits per heavy atom. The third kappa shape index (κ3) is 4.45. The maximum atomic E-state index is 13.7. The van der Waals surface area contributed by atoms with Crippen molar-refractivity contribution in [3.63, 3.8) is 0 Å². The number of hydrogen-bond donors (Lipinski definition) is 2. The summed E-state index contributed by atoms with van der Waals surface area (Å²) >= 11 is 0. The highest BCUT2D eigenvalue weighted by molar-refractivity contribution is 5.31. The Hall–Kier alpha value is -1.17. The summed E-state index contributed by atoms with van der Waals surface area (Å²) < 4.78 is 18.6. The molecule has 0 saturated carbocycles. The minimum atomic E-state index is -0.358. The van der Waals surface area contributed by atoms with Crippen molar-refractivity contribution in [1.82, 2.24) is 10.3 Å². The maximum Gasteiger partial charge on any atom is 0.165 e. The van der Waals surface area contributed by atoms with Crippen LogP contribution in [0.3, 0.4) is 0 Å². The molecule has 1 aromatic rings. The maximum absolute atomic E-state index is 13.7. The first kappa shape index (κ1) is 15.9. The monoisotopic (exact) mass is 269 g/mol. The van der Waals surface area contributed by atoms with Gasteiger partial charge < -0.3 is 9.64 Å². The fraction of sp³-hybridized carbons (Fsp3) is 0.571. The molecule has 1 rings (SSSR count). The van der Waals surface area contributed by atoms with E-state index in [1.807, 2.05) is 6.07 Å². The Morgan fingerprint density at radius 3 is 2.53 bits per heavy atom. The van der Waals surface area contributed by atoms with E-state index in [1.54, 1.807) is 6.07 Å². The van der Waals surface area contributed by atoms with Gasteiger partial charge >= 0.3 is 0 Å². The topological polar surface area (TPSA) is 50.5 Å². The molecule has 0 bridgehead atoms. The molecule has 19 heavy (non-hydrogen) atoms. The molecule has 0 radical (unpaired) electrons. The summed E-state index contributed by atoms with van der Waals surface area (Å²) in [7, 11) is 1.46. The number of halogens is 1. The first-order chi connectivity index (χ1) is 9.15. The van der Waals surface area contributed by atoms with E-state index in [-0.39, 0.29) is 17.6 Å². The molecule has 108 valence electrons. The van der Waals surface area contributed by atoms with Crippen molar-refractivity contribution in [1.29, 1.82) is 0 Å². The number of ether oxygens (including phenoxy) is 1. The third-order valence-corrected chi connectivity index (χ3v) is 3.41. The summed E-state index contributed by atoms with van der Waals surface area (Å²) in [6, 6.07) is 4.90. The number of rotatable bonds is 8. The van der Waals surface area contributed by atoms with Gasteiger partial charge in [-0.05, 0) is 43.8 Å². The minimum Gasteiger partial charge on any atom is -0.494 e. The lowest BCUT2D eigenvalue weighted by Crippen LogP contribution is -2.32. The van der Waals surface area contributed by atoms with Crippen molar-refractivity contribution in [2.75, 3.05) is 26.7 Å². The molecule has 4 nitrogen and oxygen atoms in total. The van der Waals surface area contributed by atoms with Crippen molar-refractivity contribution in [3.8, 4) is 5.75 Å². The van der Waals surface area contributed by atoms with Crippen molar-refractivity contribution < 1.29 is 9.13 Å². The van der Waals surface area contributed by atoms with Crippen LogP contribution in [0.15, 0.2) is 18.2 Å². The molecular formula is C14H24FN3O. The van der Waals surface area contributed by atoms with E-state index in [9.17, 15) is 4.39 Å². The van der Waals surface area contributed by atoms with E-state index in [1.165, 1.54) is 13.2 Å². The Kier molecular flexibility index (Phi) is 6.77. The van der Waals surface area contributed by atoms with Crippen LogP contribution in [0.1, 0.15) is 31.9 Å². The largest absolute Gasteiger partial charge is 0.494 e. The van der Waals surface area contributed by atoms with Gasteiger partial charge in [0, 0.05) is 6.04 Å². The van der Waals surface area contributed by atoms with Crippen LogP contribution in [0.4, 0.5) is 4.39 Å². The van der Waals surface area contributed by atoms with Crippen LogP contribution in [0.25, 0.3) is 0 Å². The van der Waals surface area contributed by atoms with Crippen LogP contribution >= 0.6 is 0 Å². The van der Waals surface area contributed by atoms with Crippen LogP contribution < -0.4 is 16.0 Å². The summed E-state index contributed by atoms with van der Waals surface area (Å²) in [6.07, 6.45) is 0.837. The van der Waals surface area contributed by atoms with Gasteiger partial charge in [-0.15, -0.1) is 0 Å². The smallest absolute Gasteiger partial charge is 0.165 e. The number of nitrogens with two attached hydrogens (primary N) is 1. The zero-order valence-corrected chi connectivity index (χ0v) is 11.9. The quantitative estimate of drug-likeness (QED) is 0.560. The number of hydrogen-bond acceptors (Lipinski definition) is 4. The summed E-state index contributed by atoms with van der Waals surface area (Å²) in [6.45, 7) is 7.19. The Balaban J connectivity index is 2.71. The predicted octanol–water partition coefficient (Wildman–Crippen LogP) is 2.07. The van der Waals surface area contributed by atoms with Crippen LogP contribution in [0.2, 0.25) is 0 Å². The van der Waals surface area contributed by atoms with Gasteiger partial charge in [0.1, 0.15) is 0 Å². The third-order valence-electron chi connectivity index (χ3n) is 3.41. The Labute approximate surface area is 114 Å². The van der Waals surface area contributed by atoms with Crippen molar-refractivity contribution >= 4 is 0 Å². The molecule has 0 aliphatic carbocycles. The van der Waals surface area contributed by atoms with E-state index in [4.69, 9.17) is 10.6 Å². The molecule has 0 aliphatic rings. The molecule has 3 N–H and O–H groups in total. The molecule has 0 aromatic heterocycles. The molecule has 1 atom stereocenters. The highest BCUT2D eigenvalue weighted by atomic mass is 19.1. The summed E-state index contributed by atoms with van der Waals surface area (Å²) in [5.41, 5.74) is 3.59. The van der Waals surface area contributed by atoms with Gasteiger partial charge in [0.05, 0.1) is 7.11 Å². The molecule has 0 saturated heterocycles. The first-order valence-corrected chi connectivity index (χ1v) is 6.68. The predicted molar refractivity (Wildman–Crippen MR) is 75.4 cm³/mol. The van der Waals surface area contributed by atoms with E-state index in [0.717, 1.165) is 31.6 Å². The molecule has 5 heteroatoms. The average Bonchev–Trinajstić information content (AvgIpc) is 2.44. The van der Waals surface area contributed by atoms with Crippen LogP contribution in [0, 0.1) is 5.82 Å². The normalized spacial score (nSPS) is 12.7. The number of nitrogens with zero attached hydrogens (tertiary/aromatic N) is 1. The van der Waals surface area contributed by atoms with Gasteiger partial charge in [-0.1, -0.05) is 19.9 Å². The van der Waals surface area contributed by atoms with Gasteiger partial charge in [-0.25, -0.2) is 4.39 Å². The second-order valence-electron chi connectivity index (χ2n) is 4.43. The zero-order valence-electron chi connectivity index (χ0n) is 11.9. The van der Waals surface area contributed by atoms with Gasteiger partial charge in [0.15, 0.2) is 11.6 Å². The van der Waals surface area contributed by atoms with Gasteiger partial charge in [-0.2, -0.15) is 0 Å². The number of nitrogens with one attached hydrogen (secondary N) is 1. The molecule has 0 heterocycles. The summed E-state index contributed by atoms with van der Waals surface area (Å²) in [5, 5.41) is 0. The lowest BCUT2D eigenvalue weighted by Gasteiger charge is -2.22. The Morgan fingerprint density at radius 1 is 1.37 bits per heavy atom. The van der Waals surface area contributed by atoms with Crippen LogP contribution in [-0.2, 0) is 0 Å². The zero-order chi connectivity index (χ0) is 14.3. The van der Waals surface area contributed by atoms with Crippen molar-refractivity contribution in [2.24, 2.45) is 5.84 Å². The lowest BCUT2D eigenvalue weighted by molar-refractivity contribution is 0.282. The standard InChI is InChI=1S/C14H24FN3O/c1-4-18(5-2)9-8-13(17-16)11-6-7-14(19-3)12(15)10-11/h6-7,10,13,17H,4-5,8-9,16H2,1-3H3. The second kappa shape index (κ2) is 8.09. The number of hydrazine groups is 1. The highest BCUT2D eigenvalue weighted by Crippen LogP contribution is 2.23. The van der Waals surface area contributed by atoms with Crippen LogP contribution in [-0.4, -0.2) is 31.6 Å². The molecule has 1 aromatic carbocycles. The van der Waals surface area contributed by atoms with E-state index >= 15 is 0 Å². The Bertz CT molecular complexity index is 383. The van der Waals surface area contributed by atoms with E-state index in [0.29, 0.717) is 0 Å². The number of methoxy groups -OCH3 is 1. The summed E-state index contributed by atoms with van der Waals surface area (Å²) in [5.74, 6) is 5.47. The molecule has 0 aliphatic heterocycles. The van der Waals surface area contributed by atoms with E-state index in [2.05, 4.69) is 24.2 Å². The van der Waals surface area contributed by atoms with Gasteiger partial charge in [0.2, 0.25) is 0 Å². The average molecular weight is 269 g/mol. The first-order valence-electron chi connectivity index (χ1n) is 6.68. The summed E-state index contributed by atoms with van der Waals surface area (Å²) in [4.78, 5) is 2.31. The van der Waals surface area contributed by atoms with Crippen LogP contribution in [0.5, 0.6) is 5.75 Å².